The van der Waals surface area contributed by atoms with Gasteiger partial charge in [0.1, 0.15) is 11.3 Å². The molecule has 1 aromatic carbocycles. The van der Waals surface area contributed by atoms with Crippen LogP contribution in [0.1, 0.15) is 50.5 Å². The van der Waals surface area contributed by atoms with E-state index >= 15 is 0 Å². The van der Waals surface area contributed by atoms with Gasteiger partial charge in [-0.2, -0.15) is 0 Å². The van der Waals surface area contributed by atoms with Crippen LogP contribution in [0.25, 0.3) is 11.0 Å². The molecule has 2 aromatic rings. The van der Waals surface area contributed by atoms with Crippen LogP contribution in [-0.2, 0) is 0 Å². The number of nitrogens with one attached hydrogen (secondary N) is 1. The van der Waals surface area contributed by atoms with E-state index in [2.05, 4.69) is 50.4 Å². The van der Waals surface area contributed by atoms with Crippen molar-refractivity contribution in [2.75, 3.05) is 7.05 Å². The Bertz CT molecular complexity index is 527. The van der Waals surface area contributed by atoms with Gasteiger partial charge in [0.15, 0.2) is 0 Å². The highest BCUT2D eigenvalue weighted by Gasteiger charge is 2.14. The standard InChI is InChI=1S/C17H25NO/c1-12(2)6-5-7-15(18-4)17-11-14-10-13(3)8-9-16(14)19-17/h8-12,15,18H,5-7H2,1-4H3. The predicted molar refractivity (Wildman–Crippen MR) is 81.4 cm³/mol. The van der Waals surface area contributed by atoms with E-state index in [1.807, 2.05) is 7.05 Å². The van der Waals surface area contributed by atoms with Crippen molar-refractivity contribution in [1.82, 2.24) is 5.32 Å². The molecule has 1 atom stereocenters. The van der Waals surface area contributed by atoms with Gasteiger partial charge in [-0.05, 0) is 44.5 Å². The summed E-state index contributed by atoms with van der Waals surface area (Å²) in [5.74, 6) is 1.84. The molecule has 0 saturated heterocycles. The third-order valence-corrected chi connectivity index (χ3v) is 3.66. The van der Waals surface area contributed by atoms with Gasteiger partial charge in [-0.3, -0.25) is 0 Å². The number of rotatable bonds is 6. The van der Waals surface area contributed by atoms with Crippen molar-refractivity contribution in [3.8, 4) is 0 Å². The normalized spacial score (nSPS) is 13.3. The van der Waals surface area contributed by atoms with E-state index < -0.39 is 0 Å². The Balaban J connectivity index is 2.11. The van der Waals surface area contributed by atoms with Crippen molar-refractivity contribution in [3.05, 3.63) is 35.6 Å². The van der Waals surface area contributed by atoms with Crippen LogP contribution in [0.3, 0.4) is 0 Å². The summed E-state index contributed by atoms with van der Waals surface area (Å²) < 4.78 is 5.97. The van der Waals surface area contributed by atoms with Gasteiger partial charge in [0, 0.05) is 5.39 Å². The van der Waals surface area contributed by atoms with E-state index in [-0.39, 0.29) is 0 Å². The number of aryl methyl sites for hydroxylation is 1. The molecule has 1 aromatic heterocycles. The quantitative estimate of drug-likeness (QED) is 0.804. The largest absolute Gasteiger partial charge is 0.459 e. The van der Waals surface area contributed by atoms with Crippen molar-refractivity contribution in [2.24, 2.45) is 5.92 Å². The Morgan fingerprint density at radius 3 is 2.63 bits per heavy atom. The molecule has 104 valence electrons. The second-order valence-corrected chi connectivity index (χ2v) is 5.86. The predicted octanol–water partition coefficient (Wildman–Crippen LogP) is 4.83. The molecule has 1 unspecified atom stereocenters. The molecule has 0 bridgehead atoms. The second kappa shape index (κ2) is 6.25. The van der Waals surface area contributed by atoms with Crippen LogP contribution in [0.15, 0.2) is 28.7 Å². The maximum Gasteiger partial charge on any atom is 0.134 e. The first-order valence-corrected chi connectivity index (χ1v) is 7.27. The van der Waals surface area contributed by atoms with E-state index in [4.69, 9.17) is 4.42 Å². The van der Waals surface area contributed by atoms with Crippen LogP contribution in [0.2, 0.25) is 0 Å². The summed E-state index contributed by atoms with van der Waals surface area (Å²) in [5.41, 5.74) is 2.27. The van der Waals surface area contributed by atoms with Gasteiger partial charge in [0.2, 0.25) is 0 Å². The van der Waals surface area contributed by atoms with Gasteiger partial charge in [-0.15, -0.1) is 0 Å². The minimum absolute atomic E-state index is 0.325. The van der Waals surface area contributed by atoms with Crippen LogP contribution in [0, 0.1) is 12.8 Å². The van der Waals surface area contributed by atoms with E-state index in [0.29, 0.717) is 6.04 Å². The summed E-state index contributed by atoms with van der Waals surface area (Å²) in [5, 5.41) is 4.58. The smallest absolute Gasteiger partial charge is 0.134 e. The van der Waals surface area contributed by atoms with Crippen molar-refractivity contribution >= 4 is 11.0 Å². The fourth-order valence-electron chi connectivity index (χ4n) is 2.51. The second-order valence-electron chi connectivity index (χ2n) is 5.86. The van der Waals surface area contributed by atoms with Crippen LogP contribution in [0.4, 0.5) is 0 Å². The maximum absolute atomic E-state index is 5.97. The van der Waals surface area contributed by atoms with Gasteiger partial charge >= 0.3 is 0 Å². The summed E-state index contributed by atoms with van der Waals surface area (Å²) in [4.78, 5) is 0. The zero-order valence-electron chi connectivity index (χ0n) is 12.5. The molecule has 0 radical (unpaired) electrons. The van der Waals surface area contributed by atoms with E-state index in [1.54, 1.807) is 0 Å². The van der Waals surface area contributed by atoms with Crippen LogP contribution in [-0.4, -0.2) is 7.05 Å². The third kappa shape index (κ3) is 3.60. The molecular weight excluding hydrogens is 234 g/mol. The molecule has 19 heavy (non-hydrogen) atoms. The SMILES string of the molecule is CNC(CCCC(C)C)c1cc2cc(C)ccc2o1. The fraction of sp³-hybridized carbons (Fsp3) is 0.529. The van der Waals surface area contributed by atoms with E-state index in [1.165, 1.54) is 23.8 Å². The third-order valence-electron chi connectivity index (χ3n) is 3.66. The molecule has 0 saturated carbocycles. The molecule has 0 aliphatic rings. The molecular formula is C17H25NO. The Morgan fingerprint density at radius 1 is 1.16 bits per heavy atom. The van der Waals surface area contributed by atoms with Gasteiger partial charge < -0.3 is 9.73 Å². The monoisotopic (exact) mass is 259 g/mol. The summed E-state index contributed by atoms with van der Waals surface area (Å²) in [7, 11) is 2.01. The molecule has 2 rings (SSSR count). The topological polar surface area (TPSA) is 25.2 Å². The number of benzene rings is 1. The van der Waals surface area contributed by atoms with Crippen LogP contribution >= 0.6 is 0 Å². The Morgan fingerprint density at radius 2 is 1.95 bits per heavy atom. The van der Waals surface area contributed by atoms with Gasteiger partial charge in [-0.25, -0.2) is 0 Å². The van der Waals surface area contributed by atoms with Crippen molar-refractivity contribution in [2.45, 2.75) is 46.1 Å². The summed E-state index contributed by atoms with van der Waals surface area (Å²) >= 11 is 0. The van der Waals surface area contributed by atoms with Crippen molar-refractivity contribution < 1.29 is 4.42 Å². The van der Waals surface area contributed by atoms with Crippen molar-refractivity contribution in [3.63, 3.8) is 0 Å². The molecule has 2 nitrogen and oxygen atoms in total. The van der Waals surface area contributed by atoms with Gasteiger partial charge in [-0.1, -0.05) is 38.3 Å². The molecule has 1 heterocycles. The summed E-state index contributed by atoms with van der Waals surface area (Å²) in [6.07, 6.45) is 3.64. The lowest BCUT2D eigenvalue weighted by atomic mass is 10.0. The minimum Gasteiger partial charge on any atom is -0.459 e. The first-order valence-electron chi connectivity index (χ1n) is 7.27. The number of fused-ring (bicyclic) bond motifs is 1. The van der Waals surface area contributed by atoms with Gasteiger partial charge in [0.05, 0.1) is 6.04 Å². The van der Waals surface area contributed by atoms with Crippen LogP contribution < -0.4 is 5.32 Å². The molecule has 0 fully saturated rings. The lowest BCUT2D eigenvalue weighted by Crippen LogP contribution is -2.15. The average molecular weight is 259 g/mol. The minimum atomic E-state index is 0.325. The number of furan rings is 1. The zero-order valence-corrected chi connectivity index (χ0v) is 12.5. The van der Waals surface area contributed by atoms with Gasteiger partial charge in [0.25, 0.3) is 0 Å². The number of hydrogen-bond acceptors (Lipinski definition) is 2. The molecule has 2 heteroatoms. The molecule has 0 amide bonds. The highest BCUT2D eigenvalue weighted by Crippen LogP contribution is 2.27. The first-order chi connectivity index (χ1) is 9.10. The Labute approximate surface area is 116 Å². The molecule has 0 spiro atoms. The van der Waals surface area contributed by atoms with Crippen LogP contribution in [0.5, 0.6) is 0 Å². The number of hydrogen-bond donors (Lipinski definition) is 1. The fourth-order valence-corrected chi connectivity index (χ4v) is 2.51. The van der Waals surface area contributed by atoms with Crippen molar-refractivity contribution in [1.29, 1.82) is 0 Å². The lowest BCUT2D eigenvalue weighted by Gasteiger charge is -2.14. The van der Waals surface area contributed by atoms with E-state index in [0.717, 1.165) is 23.7 Å². The zero-order chi connectivity index (χ0) is 13.8. The average Bonchev–Trinajstić information content (AvgIpc) is 2.76. The highest BCUT2D eigenvalue weighted by molar-refractivity contribution is 5.78. The molecule has 0 aliphatic carbocycles. The Kier molecular flexibility index (Phi) is 4.65. The van der Waals surface area contributed by atoms with E-state index in [9.17, 15) is 0 Å². The molecule has 0 aliphatic heterocycles. The Hall–Kier alpha value is -1.28. The first kappa shape index (κ1) is 14.1. The molecule has 1 N–H and O–H groups in total. The summed E-state index contributed by atoms with van der Waals surface area (Å²) in [6, 6.07) is 8.85. The maximum atomic E-state index is 5.97. The summed E-state index contributed by atoms with van der Waals surface area (Å²) in [6.45, 7) is 6.67. The highest BCUT2D eigenvalue weighted by atomic mass is 16.3. The lowest BCUT2D eigenvalue weighted by molar-refractivity contribution is 0.407.